The van der Waals surface area contributed by atoms with Crippen LogP contribution in [0.1, 0.15) is 22.7 Å². The number of aromatic nitrogens is 1. The number of benzene rings is 1. The Morgan fingerprint density at radius 2 is 2.04 bits per heavy atom. The van der Waals surface area contributed by atoms with Crippen molar-refractivity contribution in [2.24, 2.45) is 5.73 Å². The summed E-state index contributed by atoms with van der Waals surface area (Å²) >= 11 is 7.51. The Balaban J connectivity index is 1.67. The monoisotopic (exact) mass is 365 g/mol. The van der Waals surface area contributed by atoms with Crippen molar-refractivity contribution in [1.29, 1.82) is 0 Å². The van der Waals surface area contributed by atoms with Crippen molar-refractivity contribution in [2.45, 2.75) is 31.8 Å². The van der Waals surface area contributed by atoms with Crippen LogP contribution < -0.4 is 11.1 Å². The molecule has 0 saturated carbocycles. The van der Waals surface area contributed by atoms with Gasteiger partial charge in [-0.3, -0.25) is 4.79 Å². The molecule has 5 nitrogen and oxygen atoms in total. The molecule has 2 aromatic rings. The first-order valence-corrected chi connectivity index (χ1v) is 9.04. The molecule has 0 unspecified atom stereocenters. The molecule has 2 heterocycles. The fraction of sp³-hybridized carbons (Fsp3) is 0.412. The number of aryl methyl sites for hydroxylation is 1. The summed E-state index contributed by atoms with van der Waals surface area (Å²) in [4.78, 5) is 18.1. The predicted octanol–water partition coefficient (Wildman–Crippen LogP) is 2.90. The van der Waals surface area contributed by atoms with Gasteiger partial charge in [0.15, 0.2) is 0 Å². The van der Waals surface area contributed by atoms with E-state index < -0.39 is 5.54 Å². The van der Waals surface area contributed by atoms with Gasteiger partial charge in [-0.25, -0.2) is 4.98 Å². The molecule has 1 saturated heterocycles. The molecular formula is C17H20ClN3O2S. The van der Waals surface area contributed by atoms with Crippen LogP contribution in [-0.4, -0.2) is 29.6 Å². The third kappa shape index (κ3) is 3.78. The number of nitrogens with one attached hydrogen (secondary N) is 1. The van der Waals surface area contributed by atoms with Crippen molar-refractivity contribution in [3.63, 3.8) is 0 Å². The van der Waals surface area contributed by atoms with Crippen LogP contribution in [0.25, 0.3) is 11.3 Å². The van der Waals surface area contributed by atoms with Gasteiger partial charge in [-0.2, -0.15) is 0 Å². The van der Waals surface area contributed by atoms with Gasteiger partial charge in [0.25, 0.3) is 0 Å². The molecule has 24 heavy (non-hydrogen) atoms. The van der Waals surface area contributed by atoms with Crippen molar-refractivity contribution < 1.29 is 9.53 Å². The lowest BCUT2D eigenvalue weighted by atomic mass is 9.90. The van der Waals surface area contributed by atoms with E-state index in [0.717, 1.165) is 21.1 Å². The topological polar surface area (TPSA) is 77.2 Å². The van der Waals surface area contributed by atoms with Crippen molar-refractivity contribution in [3.8, 4) is 11.3 Å². The zero-order valence-electron chi connectivity index (χ0n) is 13.5. The molecule has 1 aliphatic rings. The highest BCUT2D eigenvalue weighted by Crippen LogP contribution is 2.28. The van der Waals surface area contributed by atoms with Crippen molar-refractivity contribution in [2.75, 3.05) is 13.2 Å². The number of amides is 1. The first kappa shape index (κ1) is 17.4. The minimum absolute atomic E-state index is 0.133. The van der Waals surface area contributed by atoms with Crippen LogP contribution in [0.5, 0.6) is 0 Å². The van der Waals surface area contributed by atoms with Gasteiger partial charge >= 0.3 is 0 Å². The third-order valence-electron chi connectivity index (χ3n) is 4.20. The first-order chi connectivity index (χ1) is 11.5. The van der Waals surface area contributed by atoms with Crippen LogP contribution in [0.3, 0.4) is 0 Å². The molecule has 0 bridgehead atoms. The smallest absolute Gasteiger partial charge is 0.240 e. The van der Waals surface area contributed by atoms with E-state index >= 15 is 0 Å². The van der Waals surface area contributed by atoms with Crippen molar-refractivity contribution >= 4 is 28.8 Å². The summed E-state index contributed by atoms with van der Waals surface area (Å²) in [6, 6.07) is 7.59. The minimum Gasteiger partial charge on any atom is -0.381 e. The van der Waals surface area contributed by atoms with Crippen LogP contribution in [0.4, 0.5) is 0 Å². The number of nitrogens with zero attached hydrogens (tertiary/aromatic N) is 1. The van der Waals surface area contributed by atoms with Gasteiger partial charge in [0.05, 0.1) is 17.8 Å². The molecule has 1 aromatic carbocycles. The minimum atomic E-state index is -0.830. The molecule has 0 radical (unpaired) electrons. The maximum absolute atomic E-state index is 12.4. The molecule has 7 heteroatoms. The first-order valence-electron chi connectivity index (χ1n) is 7.85. The second kappa shape index (κ2) is 7.19. The Bertz CT molecular complexity index is 724. The zero-order chi connectivity index (χ0) is 17.2. The summed E-state index contributed by atoms with van der Waals surface area (Å²) in [6.07, 6.45) is 1.09. The highest BCUT2D eigenvalue weighted by Gasteiger charge is 2.35. The lowest BCUT2D eigenvalue weighted by Gasteiger charge is -2.31. The number of rotatable bonds is 4. The number of thiazole rings is 1. The van der Waals surface area contributed by atoms with E-state index in [9.17, 15) is 4.79 Å². The van der Waals surface area contributed by atoms with E-state index in [4.69, 9.17) is 22.1 Å². The molecule has 0 spiro atoms. The summed E-state index contributed by atoms with van der Waals surface area (Å²) in [6.45, 7) is 3.47. The van der Waals surface area contributed by atoms with Crippen LogP contribution in [0.2, 0.25) is 5.02 Å². The Morgan fingerprint density at radius 3 is 2.71 bits per heavy atom. The highest BCUT2D eigenvalue weighted by molar-refractivity contribution is 7.12. The van der Waals surface area contributed by atoms with Gasteiger partial charge < -0.3 is 15.8 Å². The molecule has 3 rings (SSSR count). The van der Waals surface area contributed by atoms with E-state index in [2.05, 4.69) is 10.3 Å². The maximum atomic E-state index is 12.4. The van der Waals surface area contributed by atoms with Gasteiger partial charge in [-0.15, -0.1) is 11.3 Å². The number of carbonyl (C=O) groups excluding carboxylic acids is 1. The van der Waals surface area contributed by atoms with Gasteiger partial charge in [-0.05, 0) is 31.9 Å². The summed E-state index contributed by atoms with van der Waals surface area (Å²) in [5, 5.41) is 4.48. The van der Waals surface area contributed by atoms with E-state index in [1.54, 1.807) is 11.3 Å². The standard InChI is InChI=1S/C17H20ClN3O2S/c1-11-15(12-2-4-13(18)5-3-12)21-14(24-11)10-20-16(22)17(19)6-8-23-9-7-17/h2-5H,6-10,19H2,1H3,(H,20,22). The van der Waals surface area contributed by atoms with Crippen molar-refractivity contribution in [3.05, 3.63) is 39.2 Å². The Kier molecular flexibility index (Phi) is 5.20. The molecular weight excluding hydrogens is 346 g/mol. The van der Waals surface area contributed by atoms with E-state index in [0.29, 0.717) is 37.6 Å². The van der Waals surface area contributed by atoms with Gasteiger partial charge in [0, 0.05) is 28.7 Å². The number of hydrogen-bond donors (Lipinski definition) is 2. The van der Waals surface area contributed by atoms with Crippen molar-refractivity contribution in [1.82, 2.24) is 10.3 Å². The van der Waals surface area contributed by atoms with Gasteiger partial charge in [-0.1, -0.05) is 23.7 Å². The molecule has 1 fully saturated rings. The number of hydrogen-bond acceptors (Lipinski definition) is 5. The fourth-order valence-electron chi connectivity index (χ4n) is 2.70. The second-order valence-electron chi connectivity index (χ2n) is 5.97. The number of halogens is 1. The Hall–Kier alpha value is -1.47. The van der Waals surface area contributed by atoms with Gasteiger partial charge in [0.1, 0.15) is 5.01 Å². The van der Waals surface area contributed by atoms with Crippen LogP contribution in [0, 0.1) is 6.92 Å². The summed E-state index contributed by atoms with van der Waals surface area (Å²) in [5.74, 6) is -0.133. The second-order valence-corrected chi connectivity index (χ2v) is 7.69. The Labute approximate surface area is 150 Å². The highest BCUT2D eigenvalue weighted by atomic mass is 35.5. The fourth-order valence-corrected chi connectivity index (χ4v) is 3.72. The molecule has 1 aliphatic heterocycles. The average molecular weight is 366 g/mol. The van der Waals surface area contributed by atoms with E-state index in [1.807, 2.05) is 31.2 Å². The third-order valence-corrected chi connectivity index (χ3v) is 5.42. The molecule has 1 amide bonds. The molecule has 0 aliphatic carbocycles. The summed E-state index contributed by atoms with van der Waals surface area (Å²) < 4.78 is 5.27. The zero-order valence-corrected chi connectivity index (χ0v) is 15.0. The quantitative estimate of drug-likeness (QED) is 0.873. The predicted molar refractivity (Wildman–Crippen MR) is 96.1 cm³/mol. The lowest BCUT2D eigenvalue weighted by Crippen LogP contribution is -2.56. The van der Waals surface area contributed by atoms with Crippen LogP contribution in [-0.2, 0) is 16.1 Å². The lowest BCUT2D eigenvalue weighted by molar-refractivity contribution is -0.129. The molecule has 0 atom stereocenters. The SMILES string of the molecule is Cc1sc(CNC(=O)C2(N)CCOCC2)nc1-c1ccc(Cl)cc1. The number of nitrogens with two attached hydrogens (primary N) is 1. The number of carbonyl (C=O) groups is 1. The molecule has 128 valence electrons. The molecule has 1 aromatic heterocycles. The molecule has 3 N–H and O–H groups in total. The van der Waals surface area contributed by atoms with Crippen LogP contribution >= 0.6 is 22.9 Å². The van der Waals surface area contributed by atoms with E-state index in [1.165, 1.54) is 0 Å². The van der Waals surface area contributed by atoms with Gasteiger partial charge in [0.2, 0.25) is 5.91 Å². The Morgan fingerprint density at radius 1 is 1.38 bits per heavy atom. The number of ether oxygens (including phenoxy) is 1. The normalized spacial score (nSPS) is 16.8. The average Bonchev–Trinajstić information content (AvgIpc) is 2.95. The maximum Gasteiger partial charge on any atom is 0.240 e. The summed E-state index contributed by atoms with van der Waals surface area (Å²) in [5.41, 5.74) is 7.30. The largest absolute Gasteiger partial charge is 0.381 e. The van der Waals surface area contributed by atoms with Crippen LogP contribution in [0.15, 0.2) is 24.3 Å². The van der Waals surface area contributed by atoms with E-state index in [-0.39, 0.29) is 5.91 Å². The summed E-state index contributed by atoms with van der Waals surface area (Å²) in [7, 11) is 0.